The summed E-state index contributed by atoms with van der Waals surface area (Å²) in [6, 6.07) is 0. The van der Waals surface area contributed by atoms with Gasteiger partial charge in [0.05, 0.1) is 0 Å². The van der Waals surface area contributed by atoms with Gasteiger partial charge in [-0.25, -0.2) is 6.39 Å². The first-order valence-corrected chi connectivity index (χ1v) is 11.7. The first kappa shape index (κ1) is 38.3. The third-order valence-electron chi connectivity index (χ3n) is 7.11. The van der Waals surface area contributed by atoms with E-state index >= 15 is 0 Å². The van der Waals surface area contributed by atoms with E-state index in [1.165, 1.54) is 0 Å². The lowest BCUT2D eigenvalue weighted by Gasteiger charge is -2.63. The molecule has 0 nitrogen and oxygen atoms in total. The lowest BCUT2D eigenvalue weighted by atomic mass is 8.29. The van der Waals surface area contributed by atoms with E-state index in [9.17, 15) is 0 Å². The average molecular weight is 389 g/mol. The van der Waals surface area contributed by atoms with Gasteiger partial charge in [-0.1, -0.05) is 6.39 Å². The van der Waals surface area contributed by atoms with E-state index in [0.29, 0.717) is 0 Å². The second-order valence-corrected chi connectivity index (χ2v) is 9.81. The predicted molar refractivity (Wildman–Crippen MR) is 207 cm³/mol. The molecule has 0 unspecified atom stereocenters. The average Bonchev–Trinajstić information content (AvgIpc) is 2.66. The maximum atomic E-state index is 6.53. The van der Waals surface area contributed by atoms with Gasteiger partial charge in [0.1, 0.15) is 0 Å². The van der Waals surface area contributed by atoms with E-state index in [1.807, 2.05) is 0 Å². The molecular weight excluding hydrogens is 389 g/mol. The van der Waals surface area contributed by atoms with Gasteiger partial charge in [0.25, 0.3) is 0 Å². The summed E-state index contributed by atoms with van der Waals surface area (Å²) in [5, 5.41) is 0. The zero-order valence-electron chi connectivity index (χ0n) is 20.8. The van der Waals surface area contributed by atoms with Crippen molar-refractivity contribution in [2.45, 2.75) is 0 Å². The normalized spacial score (nSPS) is 9.69. The molecule has 0 heterocycles. The molecule has 0 aliphatic heterocycles. The van der Waals surface area contributed by atoms with Crippen LogP contribution in [0.25, 0.3) is 0 Å². The molecule has 43 radical (unpaired) electrons. The molecule has 0 saturated carbocycles. The number of hydrogen-bond acceptors (Lipinski definition) is 0. The molecule has 36 heteroatoms. The number of hydrogen-bond donors (Lipinski definition) is 0. The SMILES string of the molecule is [B]B([B])B(B([B])[B])B(B(B([B])[B])B([B])[B])B(B(B([B])[B])B([B])[B])B(B([B])B([B-])[B-])B(B([B])[B-])B([B-])[B-]. The molecule has 0 spiro atoms. The Morgan fingerprint density at radius 1 is 0.278 bits per heavy atom. The summed E-state index contributed by atoms with van der Waals surface area (Å²) in [6.07, 6.45) is -18.3. The Hall–Kier alpha value is 2.34. The van der Waals surface area contributed by atoms with Gasteiger partial charge in [-0.3, -0.25) is 0 Å². The molecule has 0 aromatic heterocycles. The third kappa shape index (κ3) is 10.3. The first-order valence-electron chi connectivity index (χ1n) is 11.7. The van der Waals surface area contributed by atoms with E-state index in [1.54, 1.807) is 0 Å². The van der Waals surface area contributed by atoms with Gasteiger partial charge in [-0.2, -0.15) is 0 Å². The fourth-order valence-corrected chi connectivity index (χ4v) is 5.65. The van der Waals surface area contributed by atoms with Gasteiger partial charge in [0.15, 0.2) is 0 Å². The molecule has 0 aliphatic rings. The molecule has 0 fully saturated rings. The van der Waals surface area contributed by atoms with Crippen LogP contribution >= 0.6 is 0 Å². The minimum atomic E-state index is -1.17. The van der Waals surface area contributed by atoms with Gasteiger partial charge in [0.2, 0.25) is 0 Å². The number of rotatable bonds is 16. The minimum Gasteiger partial charge on any atom is -0.729 e. The van der Waals surface area contributed by atoms with Crippen molar-refractivity contribution in [2.24, 2.45) is 0 Å². The third-order valence-corrected chi connectivity index (χ3v) is 7.11. The highest BCUT2D eigenvalue weighted by molar-refractivity contribution is 8.30. The molecule has 0 bridgehead atoms. The lowest BCUT2D eigenvalue weighted by molar-refractivity contribution is 3.23. The Kier molecular flexibility index (Phi) is 18.5. The van der Waals surface area contributed by atoms with Crippen molar-refractivity contribution in [1.82, 2.24) is 0 Å². The molecule has 0 amide bonds. The van der Waals surface area contributed by atoms with E-state index < -0.39 is 109 Å². The summed E-state index contributed by atoms with van der Waals surface area (Å²) < 4.78 is 0. The highest BCUT2D eigenvalue weighted by Gasteiger charge is 2.52. The second-order valence-electron chi connectivity index (χ2n) is 9.81. The van der Waals surface area contributed by atoms with Crippen molar-refractivity contribution in [2.75, 3.05) is 0 Å². The predicted octanol–water partition coefficient (Wildman–Crippen LogP) is -13.7. The van der Waals surface area contributed by atoms with Crippen LogP contribution in [-0.4, -0.2) is 256 Å². The molecule has 0 aromatic rings. The summed E-state index contributed by atoms with van der Waals surface area (Å²) in [5.74, 6) is 0. The maximum absolute atomic E-state index is 6.53. The van der Waals surface area contributed by atoms with E-state index in [-0.39, 0.29) is 0 Å². The minimum absolute atomic E-state index is 0.964. The fourth-order valence-electron chi connectivity index (χ4n) is 5.65. The highest BCUT2D eigenvalue weighted by Crippen LogP contribution is 2.17. The molecule has 0 aromatic carbocycles. The molecule has 36 heavy (non-hydrogen) atoms. The molecule has 0 rings (SSSR count). The van der Waals surface area contributed by atoms with Gasteiger partial charge in [-0.05, 0) is 185 Å². The van der Waals surface area contributed by atoms with Gasteiger partial charge in [-0.15, -0.1) is 6.39 Å². The standard InChI is InChI=1S/B36/c1-20(2)29(19)34(30(21(3)4)22(5)6)36(33(27(15)16)28(17)18)35(31(23(7)8)24(9)10)32(25(11)12)26(13)14/q-5. The first-order chi connectivity index (χ1) is 16.3. The van der Waals surface area contributed by atoms with Crippen LogP contribution in [0.5, 0.6) is 0 Å². The smallest absolute Gasteiger partial charge is 0.000000000000410 e. The van der Waals surface area contributed by atoms with E-state index in [4.69, 9.17) is 147 Å². The van der Waals surface area contributed by atoms with Crippen molar-refractivity contribution < 1.29 is 0 Å². The quantitative estimate of drug-likeness (QED) is 0.230. The highest BCUT2D eigenvalue weighted by atomic mass is 13.4. The van der Waals surface area contributed by atoms with Crippen LogP contribution in [0, 0.1) is 0 Å². The molecule has 0 N–H and O–H groups in total. The van der Waals surface area contributed by atoms with Crippen LogP contribution in [-0.2, 0) is 0 Å². The topological polar surface area (TPSA) is 0 Å². The van der Waals surface area contributed by atoms with Crippen LogP contribution in [0.1, 0.15) is 0 Å². The zero-order chi connectivity index (χ0) is 28.8. The lowest BCUT2D eigenvalue weighted by Crippen LogP contribution is -2.91. The molecule has 0 atom stereocenters. The van der Waals surface area contributed by atoms with Gasteiger partial charge < -0.3 is 51.5 Å². The van der Waals surface area contributed by atoms with Crippen LogP contribution in [0.4, 0.5) is 0 Å². The van der Waals surface area contributed by atoms with E-state index in [0.717, 1.165) is 0 Å². The van der Waals surface area contributed by atoms with Crippen LogP contribution < -0.4 is 0 Å². The molecule has 113 valence electrons. The van der Waals surface area contributed by atoms with Crippen LogP contribution in [0.2, 0.25) is 0 Å². The van der Waals surface area contributed by atoms with Gasteiger partial charge in [0, 0.05) is 0 Å². The van der Waals surface area contributed by atoms with Crippen molar-refractivity contribution in [3.63, 3.8) is 0 Å². The van der Waals surface area contributed by atoms with Gasteiger partial charge >= 0.3 is 0 Å². The Morgan fingerprint density at radius 3 is 0.694 bits per heavy atom. The monoisotopic (exact) mass is 396 g/mol. The molecular formula is B36-5. The van der Waals surface area contributed by atoms with Crippen molar-refractivity contribution >= 4 is 256 Å². The Morgan fingerprint density at radius 2 is 0.528 bits per heavy atom. The van der Waals surface area contributed by atoms with Crippen LogP contribution in [0.15, 0.2) is 0 Å². The largest absolute Gasteiger partial charge is 0.729 e. The second kappa shape index (κ2) is 17.3. The van der Waals surface area contributed by atoms with Crippen molar-refractivity contribution in [1.29, 1.82) is 0 Å². The molecule has 0 saturated heterocycles. The molecule has 0 aliphatic carbocycles. The van der Waals surface area contributed by atoms with Crippen LogP contribution in [0.3, 0.4) is 0 Å². The van der Waals surface area contributed by atoms with E-state index in [2.05, 4.69) is 0 Å². The summed E-state index contributed by atoms with van der Waals surface area (Å²) in [6.45, 7) is 0. The van der Waals surface area contributed by atoms with Crippen molar-refractivity contribution in [3.05, 3.63) is 0 Å². The zero-order valence-corrected chi connectivity index (χ0v) is 20.8. The summed E-state index contributed by atoms with van der Waals surface area (Å²) in [7, 11) is 117. The summed E-state index contributed by atoms with van der Waals surface area (Å²) in [4.78, 5) is 0. The fraction of sp³-hybridized carbons (Fsp3) is 0. The Labute approximate surface area is 254 Å². The Balaban J connectivity index is 7.84. The Bertz CT molecular complexity index is 509. The maximum Gasteiger partial charge on any atom is -0.000000000000410 e. The summed E-state index contributed by atoms with van der Waals surface area (Å²) >= 11 is 0. The van der Waals surface area contributed by atoms with Crippen molar-refractivity contribution in [3.8, 4) is 0 Å². The summed E-state index contributed by atoms with van der Waals surface area (Å²) in [5.41, 5.74) is 0.